The number of nitrogens with one attached hydrogen (secondary N) is 1. The van der Waals surface area contributed by atoms with Gasteiger partial charge in [0.25, 0.3) is 5.91 Å². The van der Waals surface area contributed by atoms with Crippen LogP contribution in [0.5, 0.6) is 17.2 Å². The van der Waals surface area contributed by atoms with Crippen molar-refractivity contribution in [2.24, 2.45) is 0 Å². The van der Waals surface area contributed by atoms with Gasteiger partial charge in [-0.05, 0) is 37.0 Å². The molecule has 152 valence electrons. The number of benzene rings is 1. The van der Waals surface area contributed by atoms with Crippen molar-refractivity contribution < 1.29 is 28.5 Å². The Morgan fingerprint density at radius 1 is 1.11 bits per heavy atom. The Balaban J connectivity index is 2.98. The zero-order valence-corrected chi connectivity index (χ0v) is 17.4. The number of thioether (sulfide) groups is 1. The molecule has 1 rings (SSSR count). The van der Waals surface area contributed by atoms with Crippen LogP contribution in [0.25, 0.3) is 0 Å². The van der Waals surface area contributed by atoms with Crippen molar-refractivity contribution in [3.8, 4) is 17.2 Å². The number of amides is 1. The predicted molar refractivity (Wildman–Crippen MR) is 106 cm³/mol. The summed E-state index contributed by atoms with van der Waals surface area (Å²) in [5, 5.41) is 2.76. The van der Waals surface area contributed by atoms with Crippen LogP contribution in [0.4, 0.5) is 0 Å². The van der Waals surface area contributed by atoms with Gasteiger partial charge in [0.2, 0.25) is 5.75 Å². The van der Waals surface area contributed by atoms with Gasteiger partial charge in [0.1, 0.15) is 6.04 Å². The van der Waals surface area contributed by atoms with Crippen LogP contribution < -0.4 is 19.5 Å². The second-order valence-electron chi connectivity index (χ2n) is 5.74. The molecular weight excluding hydrogens is 370 g/mol. The van der Waals surface area contributed by atoms with Crippen LogP contribution in [-0.2, 0) is 9.53 Å². The van der Waals surface area contributed by atoms with Crippen LogP contribution in [0.2, 0.25) is 0 Å². The Labute approximate surface area is 165 Å². The molecule has 27 heavy (non-hydrogen) atoms. The van der Waals surface area contributed by atoms with E-state index in [-0.39, 0.29) is 0 Å². The van der Waals surface area contributed by atoms with Crippen LogP contribution in [-0.4, -0.2) is 57.9 Å². The molecule has 0 bridgehead atoms. The molecule has 7 nitrogen and oxygen atoms in total. The molecule has 1 atom stereocenters. The first-order chi connectivity index (χ1) is 13.0. The molecule has 0 saturated heterocycles. The van der Waals surface area contributed by atoms with E-state index in [1.165, 1.54) is 21.3 Å². The summed E-state index contributed by atoms with van der Waals surface area (Å²) < 4.78 is 21.1. The van der Waals surface area contributed by atoms with Gasteiger partial charge < -0.3 is 24.3 Å². The first kappa shape index (κ1) is 23.0. The minimum absolute atomic E-state index is 0.306. The SMILES string of the molecule is CCCCOC(=O)[C@H](CCSC)NC(=O)c1cc(OC)c(OC)c(OC)c1. The number of carbonyl (C=O) groups excluding carboxylic acids is 2. The zero-order valence-electron chi connectivity index (χ0n) is 16.6. The summed E-state index contributed by atoms with van der Waals surface area (Å²) in [6.45, 7) is 2.37. The van der Waals surface area contributed by atoms with Gasteiger partial charge in [0, 0.05) is 5.56 Å². The first-order valence-corrected chi connectivity index (χ1v) is 10.2. The Kier molecular flexibility index (Phi) is 10.5. The molecule has 0 spiro atoms. The van der Waals surface area contributed by atoms with E-state index in [1.807, 2.05) is 13.2 Å². The predicted octanol–water partition coefficient (Wildman–Crippen LogP) is 2.91. The van der Waals surface area contributed by atoms with Crippen molar-refractivity contribution >= 4 is 23.6 Å². The molecule has 8 heteroatoms. The maximum absolute atomic E-state index is 12.7. The molecule has 0 aliphatic carbocycles. The van der Waals surface area contributed by atoms with Crippen LogP contribution in [0, 0.1) is 0 Å². The van der Waals surface area contributed by atoms with Crippen LogP contribution in [0.1, 0.15) is 36.5 Å². The standard InChI is InChI=1S/C19H29NO6S/c1-6-7-9-26-19(22)14(8-10-27-5)20-18(21)13-11-15(23-2)17(25-4)16(12-13)24-3/h11-12,14H,6-10H2,1-5H3,(H,20,21)/t14-/m0/s1. The van der Waals surface area contributed by atoms with Gasteiger partial charge in [-0.25, -0.2) is 4.79 Å². The lowest BCUT2D eigenvalue weighted by molar-refractivity contribution is -0.146. The lowest BCUT2D eigenvalue weighted by atomic mass is 10.1. The quantitative estimate of drug-likeness (QED) is 0.427. The Morgan fingerprint density at radius 3 is 2.22 bits per heavy atom. The third-order valence-corrected chi connectivity index (χ3v) is 4.51. The van der Waals surface area contributed by atoms with Crippen molar-refractivity contribution in [1.29, 1.82) is 0 Å². The van der Waals surface area contributed by atoms with E-state index in [9.17, 15) is 9.59 Å². The van der Waals surface area contributed by atoms with Gasteiger partial charge in [-0.1, -0.05) is 13.3 Å². The smallest absolute Gasteiger partial charge is 0.328 e. The van der Waals surface area contributed by atoms with Crippen molar-refractivity contribution in [3.63, 3.8) is 0 Å². The third kappa shape index (κ3) is 6.86. The molecule has 0 unspecified atom stereocenters. The van der Waals surface area contributed by atoms with E-state index >= 15 is 0 Å². The molecule has 0 radical (unpaired) electrons. The maximum atomic E-state index is 12.7. The summed E-state index contributed by atoms with van der Waals surface area (Å²) in [5.41, 5.74) is 0.306. The maximum Gasteiger partial charge on any atom is 0.328 e. The monoisotopic (exact) mass is 399 g/mol. The Morgan fingerprint density at radius 2 is 1.74 bits per heavy atom. The number of methoxy groups -OCH3 is 3. The Bertz CT molecular complexity index is 597. The van der Waals surface area contributed by atoms with Crippen LogP contribution in [0.15, 0.2) is 12.1 Å². The summed E-state index contributed by atoms with van der Waals surface area (Å²) in [7, 11) is 4.45. The van der Waals surface area contributed by atoms with E-state index in [0.29, 0.717) is 35.8 Å². The molecule has 1 aromatic rings. The molecule has 1 aromatic carbocycles. The number of hydrogen-bond donors (Lipinski definition) is 1. The average molecular weight is 400 g/mol. The van der Waals surface area contributed by atoms with Crippen molar-refractivity contribution in [1.82, 2.24) is 5.32 Å². The highest BCUT2D eigenvalue weighted by Crippen LogP contribution is 2.38. The fourth-order valence-corrected chi connectivity index (χ4v) is 2.83. The number of hydrogen-bond acceptors (Lipinski definition) is 7. The van der Waals surface area contributed by atoms with E-state index in [1.54, 1.807) is 23.9 Å². The van der Waals surface area contributed by atoms with Gasteiger partial charge in [0.05, 0.1) is 27.9 Å². The number of esters is 1. The highest BCUT2D eigenvalue weighted by Gasteiger charge is 2.24. The molecule has 0 aliphatic rings. The average Bonchev–Trinajstić information content (AvgIpc) is 2.69. The third-order valence-electron chi connectivity index (χ3n) is 3.87. The molecule has 0 heterocycles. The van der Waals surface area contributed by atoms with Crippen molar-refractivity contribution in [3.05, 3.63) is 17.7 Å². The number of ether oxygens (including phenoxy) is 4. The number of rotatable bonds is 12. The molecule has 1 N–H and O–H groups in total. The zero-order chi connectivity index (χ0) is 20.2. The van der Waals surface area contributed by atoms with E-state index < -0.39 is 17.9 Å². The minimum Gasteiger partial charge on any atom is -0.493 e. The molecular formula is C19H29NO6S. The van der Waals surface area contributed by atoms with Gasteiger partial charge in [-0.2, -0.15) is 11.8 Å². The molecule has 0 saturated carbocycles. The summed E-state index contributed by atoms with van der Waals surface area (Å²) in [4.78, 5) is 25.0. The minimum atomic E-state index is -0.708. The fraction of sp³-hybridized carbons (Fsp3) is 0.579. The van der Waals surface area contributed by atoms with Gasteiger partial charge in [0.15, 0.2) is 11.5 Å². The summed E-state index contributed by atoms with van der Waals surface area (Å²) in [6, 6.07) is 2.39. The van der Waals surface area contributed by atoms with Crippen LogP contribution in [0.3, 0.4) is 0 Å². The highest BCUT2D eigenvalue weighted by atomic mass is 32.2. The summed E-state index contributed by atoms with van der Waals surface area (Å²) in [6.07, 6.45) is 4.16. The van der Waals surface area contributed by atoms with E-state index in [4.69, 9.17) is 18.9 Å². The van der Waals surface area contributed by atoms with Gasteiger partial charge >= 0.3 is 5.97 Å². The van der Waals surface area contributed by atoms with Crippen molar-refractivity contribution in [2.45, 2.75) is 32.2 Å². The molecule has 0 aromatic heterocycles. The largest absolute Gasteiger partial charge is 0.493 e. The first-order valence-electron chi connectivity index (χ1n) is 8.78. The molecule has 0 fully saturated rings. The highest BCUT2D eigenvalue weighted by molar-refractivity contribution is 7.98. The molecule has 0 aliphatic heterocycles. The topological polar surface area (TPSA) is 83.1 Å². The summed E-state index contributed by atoms with van der Waals surface area (Å²) >= 11 is 1.60. The second kappa shape index (κ2) is 12.3. The van der Waals surface area contributed by atoms with Crippen molar-refractivity contribution in [2.75, 3.05) is 39.9 Å². The van der Waals surface area contributed by atoms with Crippen LogP contribution >= 0.6 is 11.8 Å². The Hall–Kier alpha value is -2.09. The lowest BCUT2D eigenvalue weighted by Gasteiger charge is -2.18. The lowest BCUT2D eigenvalue weighted by Crippen LogP contribution is -2.42. The van der Waals surface area contributed by atoms with E-state index in [2.05, 4.69) is 5.32 Å². The van der Waals surface area contributed by atoms with Gasteiger partial charge in [-0.3, -0.25) is 4.79 Å². The summed E-state index contributed by atoms with van der Waals surface area (Å²) in [5.74, 6) is 1.03. The van der Waals surface area contributed by atoms with E-state index in [0.717, 1.165) is 18.6 Å². The normalized spacial score (nSPS) is 11.4. The second-order valence-corrected chi connectivity index (χ2v) is 6.73. The number of unbranched alkanes of at least 4 members (excludes halogenated alkanes) is 1. The fourth-order valence-electron chi connectivity index (χ4n) is 2.36. The van der Waals surface area contributed by atoms with Gasteiger partial charge in [-0.15, -0.1) is 0 Å². The molecule has 1 amide bonds. The number of carbonyl (C=O) groups is 2.